The summed E-state index contributed by atoms with van der Waals surface area (Å²) in [5, 5.41) is 11.6. The molecule has 0 atom stereocenters. The molecule has 2 aromatic heterocycles. The van der Waals surface area contributed by atoms with Gasteiger partial charge in [0.2, 0.25) is 10.0 Å². The third-order valence-electron chi connectivity index (χ3n) is 3.33. The predicted octanol–water partition coefficient (Wildman–Crippen LogP) is 1.95. The Hall–Kier alpha value is -2.78. The smallest absolute Gasteiger partial charge is 0.270 e. The second kappa shape index (κ2) is 5.78. The van der Waals surface area contributed by atoms with Crippen LogP contribution in [0.25, 0.3) is 11.0 Å². The number of hydrogen-bond acceptors (Lipinski definition) is 5. The lowest BCUT2D eigenvalue weighted by atomic mass is 10.2. The van der Waals surface area contributed by atoms with Gasteiger partial charge in [-0.05, 0) is 23.8 Å². The summed E-state index contributed by atoms with van der Waals surface area (Å²) in [6, 6.07) is 8.50. The van der Waals surface area contributed by atoms with Crippen molar-refractivity contribution in [2.24, 2.45) is 0 Å². The molecule has 2 N–H and O–H groups in total. The lowest BCUT2D eigenvalue weighted by molar-refractivity contribution is -0.385. The van der Waals surface area contributed by atoms with Gasteiger partial charge in [0, 0.05) is 36.5 Å². The summed E-state index contributed by atoms with van der Waals surface area (Å²) in [6.07, 6.45) is 3.31. The highest BCUT2D eigenvalue weighted by atomic mass is 32.2. The number of benzene rings is 1. The fourth-order valence-corrected chi connectivity index (χ4v) is 3.23. The topological polar surface area (TPSA) is 118 Å². The molecular formula is C14H12N4O4S. The highest BCUT2D eigenvalue weighted by Gasteiger charge is 2.18. The maximum atomic E-state index is 12.3. The highest BCUT2D eigenvalue weighted by Crippen LogP contribution is 2.19. The molecule has 0 spiro atoms. The summed E-state index contributed by atoms with van der Waals surface area (Å²) >= 11 is 0. The van der Waals surface area contributed by atoms with Crippen LogP contribution in [0.2, 0.25) is 0 Å². The van der Waals surface area contributed by atoms with Crippen molar-refractivity contribution < 1.29 is 13.3 Å². The van der Waals surface area contributed by atoms with Gasteiger partial charge in [0.1, 0.15) is 5.65 Å². The van der Waals surface area contributed by atoms with Crippen LogP contribution in [-0.2, 0) is 16.6 Å². The van der Waals surface area contributed by atoms with E-state index in [1.165, 1.54) is 18.2 Å². The number of nitrogens with zero attached hydrogens (tertiary/aromatic N) is 2. The molecule has 1 aromatic carbocycles. The van der Waals surface area contributed by atoms with E-state index in [4.69, 9.17) is 0 Å². The van der Waals surface area contributed by atoms with E-state index in [0.29, 0.717) is 5.65 Å². The van der Waals surface area contributed by atoms with Crippen molar-refractivity contribution in [1.82, 2.24) is 14.7 Å². The molecule has 0 fully saturated rings. The quantitative estimate of drug-likeness (QED) is 0.547. The third-order valence-corrected chi connectivity index (χ3v) is 4.73. The van der Waals surface area contributed by atoms with Gasteiger partial charge in [-0.15, -0.1) is 0 Å². The molecule has 0 aliphatic carbocycles. The molecule has 3 aromatic rings. The molecular weight excluding hydrogens is 320 g/mol. The normalized spacial score (nSPS) is 11.7. The number of hydrogen-bond donors (Lipinski definition) is 2. The minimum atomic E-state index is -3.85. The van der Waals surface area contributed by atoms with Crippen molar-refractivity contribution in [3.8, 4) is 0 Å². The zero-order chi connectivity index (χ0) is 16.4. The maximum Gasteiger partial charge on any atom is 0.270 e. The Kier molecular flexibility index (Phi) is 3.80. The summed E-state index contributed by atoms with van der Waals surface area (Å²) in [5.41, 5.74) is 1.13. The fourth-order valence-electron chi connectivity index (χ4n) is 2.18. The van der Waals surface area contributed by atoms with Crippen LogP contribution in [0.15, 0.2) is 53.7 Å². The lowest BCUT2D eigenvalue weighted by Gasteiger charge is -2.06. The third kappa shape index (κ3) is 3.05. The van der Waals surface area contributed by atoms with E-state index in [1.54, 1.807) is 18.5 Å². The monoisotopic (exact) mass is 332 g/mol. The summed E-state index contributed by atoms with van der Waals surface area (Å²) in [6.45, 7) is 0.0523. The van der Waals surface area contributed by atoms with Crippen LogP contribution in [0, 0.1) is 10.1 Å². The van der Waals surface area contributed by atoms with Gasteiger partial charge < -0.3 is 4.98 Å². The number of H-pyrrole nitrogens is 1. The van der Waals surface area contributed by atoms with E-state index in [9.17, 15) is 18.5 Å². The number of rotatable bonds is 5. The Morgan fingerprint density at radius 2 is 2.09 bits per heavy atom. The average Bonchev–Trinajstić information content (AvgIpc) is 2.96. The van der Waals surface area contributed by atoms with Gasteiger partial charge >= 0.3 is 0 Å². The number of non-ortho nitro benzene ring substituents is 1. The maximum absolute atomic E-state index is 12.3. The molecule has 0 amide bonds. The van der Waals surface area contributed by atoms with E-state index in [2.05, 4.69) is 14.7 Å². The molecule has 8 nitrogen and oxygen atoms in total. The molecule has 0 bridgehead atoms. The van der Waals surface area contributed by atoms with Gasteiger partial charge in [0.25, 0.3) is 5.69 Å². The van der Waals surface area contributed by atoms with Gasteiger partial charge in [0.05, 0.1) is 9.82 Å². The molecule has 0 aliphatic rings. The van der Waals surface area contributed by atoms with E-state index in [1.807, 2.05) is 6.07 Å². The number of sulfonamides is 1. The number of nitro groups is 1. The Bertz CT molecular complexity index is 981. The minimum absolute atomic E-state index is 0.0523. The van der Waals surface area contributed by atoms with Crippen LogP contribution in [0.5, 0.6) is 0 Å². The van der Waals surface area contributed by atoms with E-state index in [0.717, 1.165) is 17.0 Å². The number of pyridine rings is 1. The second-order valence-corrected chi connectivity index (χ2v) is 6.56. The summed E-state index contributed by atoms with van der Waals surface area (Å²) in [4.78, 5) is 17.0. The number of aromatic nitrogens is 2. The van der Waals surface area contributed by atoms with Crippen LogP contribution >= 0.6 is 0 Å². The number of nitrogens with one attached hydrogen (secondary N) is 2. The van der Waals surface area contributed by atoms with Crippen LogP contribution in [0.4, 0.5) is 5.69 Å². The molecule has 0 aliphatic heterocycles. The first-order chi connectivity index (χ1) is 11.0. The number of nitro benzene ring substituents is 1. The molecule has 0 saturated heterocycles. The van der Waals surface area contributed by atoms with Crippen molar-refractivity contribution in [3.63, 3.8) is 0 Å². The van der Waals surface area contributed by atoms with Crippen LogP contribution in [0.1, 0.15) is 5.56 Å². The zero-order valence-electron chi connectivity index (χ0n) is 11.8. The predicted molar refractivity (Wildman–Crippen MR) is 83.2 cm³/mol. The summed E-state index contributed by atoms with van der Waals surface area (Å²) in [7, 11) is -3.85. The lowest BCUT2D eigenvalue weighted by Crippen LogP contribution is -2.23. The highest BCUT2D eigenvalue weighted by molar-refractivity contribution is 7.89. The molecule has 0 unspecified atom stereocenters. The van der Waals surface area contributed by atoms with Crippen molar-refractivity contribution in [2.75, 3.05) is 0 Å². The Balaban J connectivity index is 1.84. The van der Waals surface area contributed by atoms with Gasteiger partial charge in [-0.25, -0.2) is 18.1 Å². The van der Waals surface area contributed by atoms with E-state index < -0.39 is 14.9 Å². The largest absolute Gasteiger partial charge is 0.346 e. The van der Waals surface area contributed by atoms with Crippen LogP contribution in [-0.4, -0.2) is 23.3 Å². The van der Waals surface area contributed by atoms with Gasteiger partial charge in [-0.3, -0.25) is 10.1 Å². The van der Waals surface area contributed by atoms with Crippen LogP contribution < -0.4 is 4.72 Å². The second-order valence-electron chi connectivity index (χ2n) is 4.79. The zero-order valence-corrected chi connectivity index (χ0v) is 12.6. The molecule has 9 heteroatoms. The minimum Gasteiger partial charge on any atom is -0.346 e. The molecule has 0 radical (unpaired) electrons. The van der Waals surface area contributed by atoms with Crippen molar-refractivity contribution in [2.45, 2.75) is 11.4 Å². The Morgan fingerprint density at radius 1 is 1.26 bits per heavy atom. The molecule has 3 rings (SSSR count). The molecule has 0 saturated carbocycles. The summed E-state index contributed by atoms with van der Waals surface area (Å²) < 4.78 is 27.0. The Morgan fingerprint density at radius 3 is 2.87 bits per heavy atom. The number of fused-ring (bicyclic) bond motifs is 1. The molecule has 118 valence electrons. The van der Waals surface area contributed by atoms with Gasteiger partial charge in [-0.1, -0.05) is 6.07 Å². The fraction of sp³-hybridized carbons (Fsp3) is 0.0714. The summed E-state index contributed by atoms with van der Waals surface area (Å²) in [5.74, 6) is 0. The molecule has 23 heavy (non-hydrogen) atoms. The van der Waals surface area contributed by atoms with Gasteiger partial charge in [0.15, 0.2) is 0 Å². The van der Waals surface area contributed by atoms with Crippen LogP contribution in [0.3, 0.4) is 0 Å². The van der Waals surface area contributed by atoms with Crippen molar-refractivity contribution >= 4 is 26.7 Å². The first-order valence-corrected chi connectivity index (χ1v) is 8.11. The van der Waals surface area contributed by atoms with E-state index >= 15 is 0 Å². The van der Waals surface area contributed by atoms with Crippen molar-refractivity contribution in [3.05, 3.63) is 64.5 Å². The Labute approximate surface area is 131 Å². The van der Waals surface area contributed by atoms with E-state index in [-0.39, 0.29) is 17.1 Å². The van der Waals surface area contributed by atoms with Crippen molar-refractivity contribution in [1.29, 1.82) is 0 Å². The standard InChI is InChI=1S/C14H12N4O4S/c19-18(20)11-3-1-4-12(7-11)23(21,22)17-9-10-8-16-14-13(10)5-2-6-15-14/h1-8,17H,9H2,(H,15,16). The first-order valence-electron chi connectivity index (χ1n) is 6.62. The number of aromatic amines is 1. The average molecular weight is 332 g/mol. The molecule has 2 heterocycles. The van der Waals surface area contributed by atoms with Gasteiger partial charge in [-0.2, -0.15) is 0 Å². The first kappa shape index (κ1) is 15.1. The SMILES string of the molecule is O=[N+]([O-])c1cccc(S(=O)(=O)NCc2c[nH]c3ncccc23)c1.